The molecule has 2 unspecified atom stereocenters. The standard InChI is InChI=1S/C26H35BrN6O2/c27-22-16-28-25(29-20-1-3-21(4-2-20)33-7-5-32(6-8-33)9-10-34)31-24(22)30-23-18-11-17-12-19(23)15-26(35,13-17)14-18/h1-4,16-19,23,34-35H,5-15H2,(H2,28,29,30,31)/t17?,18-,19?,23-,26+/m0/s1. The van der Waals surface area contributed by atoms with E-state index in [2.05, 4.69) is 65.6 Å². The van der Waals surface area contributed by atoms with Crippen molar-refractivity contribution in [2.75, 3.05) is 54.9 Å². The molecule has 8 nitrogen and oxygen atoms in total. The summed E-state index contributed by atoms with van der Waals surface area (Å²) in [5, 5.41) is 27.1. The molecule has 0 amide bonds. The number of rotatable bonds is 7. The molecule has 5 fully saturated rings. The highest BCUT2D eigenvalue weighted by atomic mass is 79.9. The molecule has 0 radical (unpaired) electrons. The first-order valence-corrected chi connectivity index (χ1v) is 13.7. The summed E-state index contributed by atoms with van der Waals surface area (Å²) in [5.74, 6) is 3.12. The summed E-state index contributed by atoms with van der Waals surface area (Å²) >= 11 is 3.63. The number of aliphatic hydroxyl groups excluding tert-OH is 1. The molecule has 35 heavy (non-hydrogen) atoms. The Kier molecular flexibility index (Phi) is 6.37. The van der Waals surface area contributed by atoms with Gasteiger partial charge >= 0.3 is 0 Å². The molecule has 1 aromatic carbocycles. The predicted octanol–water partition coefficient (Wildman–Crippen LogP) is 3.45. The second-order valence-electron chi connectivity index (χ2n) is 11.0. The van der Waals surface area contributed by atoms with Gasteiger partial charge in [-0.05, 0) is 90.1 Å². The van der Waals surface area contributed by atoms with Crippen molar-refractivity contribution in [1.82, 2.24) is 14.9 Å². The highest BCUT2D eigenvalue weighted by Gasteiger charge is 2.54. The smallest absolute Gasteiger partial charge is 0.229 e. The van der Waals surface area contributed by atoms with Crippen LogP contribution >= 0.6 is 15.9 Å². The summed E-state index contributed by atoms with van der Waals surface area (Å²) in [6.07, 6.45) is 7.06. The van der Waals surface area contributed by atoms with E-state index in [-0.39, 0.29) is 6.61 Å². The van der Waals surface area contributed by atoms with Gasteiger partial charge in [0.1, 0.15) is 5.82 Å². The number of nitrogens with one attached hydrogen (secondary N) is 2. The van der Waals surface area contributed by atoms with Crippen LogP contribution in [0.15, 0.2) is 34.9 Å². The van der Waals surface area contributed by atoms with E-state index >= 15 is 0 Å². The average Bonchev–Trinajstić information content (AvgIpc) is 2.83. The molecule has 1 aromatic heterocycles. The van der Waals surface area contributed by atoms with E-state index in [1.165, 1.54) is 18.5 Å². The number of β-amino-alcohol motifs (C(OH)–C–C–N with tert-alkyl or cyclic N) is 1. The molecule has 7 rings (SSSR count). The molecule has 4 saturated carbocycles. The van der Waals surface area contributed by atoms with E-state index in [9.17, 15) is 5.11 Å². The van der Waals surface area contributed by atoms with Gasteiger partial charge in [-0.2, -0.15) is 4.98 Å². The van der Waals surface area contributed by atoms with Crippen LogP contribution < -0.4 is 15.5 Å². The van der Waals surface area contributed by atoms with Crippen LogP contribution in [0.4, 0.5) is 23.1 Å². The first-order valence-electron chi connectivity index (χ1n) is 12.9. The molecular weight excluding hydrogens is 508 g/mol. The van der Waals surface area contributed by atoms with Crippen LogP contribution in [0.2, 0.25) is 0 Å². The summed E-state index contributed by atoms with van der Waals surface area (Å²) < 4.78 is 0.867. The molecule has 4 N–H and O–H groups in total. The Bertz CT molecular complexity index is 1030. The van der Waals surface area contributed by atoms with Gasteiger partial charge in [-0.15, -0.1) is 0 Å². The van der Waals surface area contributed by atoms with Gasteiger partial charge in [0.05, 0.1) is 16.7 Å². The molecule has 188 valence electrons. The zero-order valence-corrected chi connectivity index (χ0v) is 21.6. The van der Waals surface area contributed by atoms with Crippen molar-refractivity contribution in [2.24, 2.45) is 17.8 Å². The third-order valence-electron chi connectivity index (χ3n) is 8.57. The van der Waals surface area contributed by atoms with E-state index in [0.717, 1.165) is 68.0 Å². The number of anilines is 4. The van der Waals surface area contributed by atoms with E-state index in [4.69, 9.17) is 10.1 Å². The van der Waals surface area contributed by atoms with Gasteiger partial charge in [-0.3, -0.25) is 4.90 Å². The number of halogens is 1. The van der Waals surface area contributed by atoms with Crippen LogP contribution in [-0.4, -0.2) is 76.1 Å². The number of aromatic nitrogens is 2. The highest BCUT2D eigenvalue weighted by molar-refractivity contribution is 9.10. The molecule has 4 bridgehead atoms. The van der Waals surface area contributed by atoms with Gasteiger partial charge < -0.3 is 25.7 Å². The number of hydrogen-bond donors (Lipinski definition) is 4. The second-order valence-corrected chi connectivity index (χ2v) is 11.8. The summed E-state index contributed by atoms with van der Waals surface area (Å²) in [7, 11) is 0. The van der Waals surface area contributed by atoms with Crippen molar-refractivity contribution in [3.8, 4) is 0 Å². The quantitative estimate of drug-likeness (QED) is 0.422. The molecule has 1 aliphatic heterocycles. The largest absolute Gasteiger partial charge is 0.395 e. The summed E-state index contributed by atoms with van der Waals surface area (Å²) in [6.45, 7) is 4.88. The Hall–Kier alpha value is -1.94. The maximum Gasteiger partial charge on any atom is 0.229 e. The van der Waals surface area contributed by atoms with Gasteiger partial charge in [0.25, 0.3) is 0 Å². The second kappa shape index (κ2) is 9.50. The maximum absolute atomic E-state index is 10.9. The third-order valence-corrected chi connectivity index (χ3v) is 9.15. The molecular formula is C26H35BrN6O2. The molecule has 4 aliphatic carbocycles. The zero-order chi connectivity index (χ0) is 24.0. The number of hydrogen-bond acceptors (Lipinski definition) is 8. The fourth-order valence-corrected chi connectivity index (χ4v) is 7.46. The average molecular weight is 544 g/mol. The van der Waals surface area contributed by atoms with Crippen LogP contribution in [0.3, 0.4) is 0 Å². The Morgan fingerprint density at radius 3 is 2.40 bits per heavy atom. The van der Waals surface area contributed by atoms with Gasteiger partial charge in [-0.25, -0.2) is 4.98 Å². The first-order chi connectivity index (χ1) is 17.0. The fraction of sp³-hybridized carbons (Fsp3) is 0.615. The predicted molar refractivity (Wildman–Crippen MR) is 141 cm³/mol. The van der Waals surface area contributed by atoms with E-state index in [0.29, 0.717) is 29.7 Å². The number of benzene rings is 1. The van der Waals surface area contributed by atoms with Crippen molar-refractivity contribution in [2.45, 2.75) is 43.7 Å². The number of aliphatic hydroxyl groups is 2. The SMILES string of the molecule is OCCN1CCN(c2ccc(Nc3ncc(Br)c(N[C@@H]4C5CC6C[C@H]4C[C@](O)(C6)C5)n3)cc2)CC1. The lowest BCUT2D eigenvalue weighted by molar-refractivity contribution is -0.129. The minimum absolute atomic E-state index is 0.224. The molecule has 1 saturated heterocycles. The summed E-state index contributed by atoms with van der Waals surface area (Å²) in [5.41, 5.74) is 1.74. The lowest BCUT2D eigenvalue weighted by atomic mass is 9.52. The Morgan fingerprint density at radius 2 is 1.74 bits per heavy atom. The first kappa shape index (κ1) is 23.5. The van der Waals surface area contributed by atoms with Crippen LogP contribution in [-0.2, 0) is 0 Å². The molecule has 5 atom stereocenters. The van der Waals surface area contributed by atoms with Crippen LogP contribution in [0.25, 0.3) is 0 Å². The van der Waals surface area contributed by atoms with Crippen molar-refractivity contribution < 1.29 is 10.2 Å². The number of piperazine rings is 1. The molecule has 2 aromatic rings. The van der Waals surface area contributed by atoms with Crippen molar-refractivity contribution in [3.63, 3.8) is 0 Å². The zero-order valence-electron chi connectivity index (χ0n) is 20.0. The highest BCUT2D eigenvalue weighted by Crippen LogP contribution is 2.56. The lowest BCUT2D eigenvalue weighted by Crippen LogP contribution is -2.59. The Balaban J connectivity index is 1.10. The third kappa shape index (κ3) is 4.88. The van der Waals surface area contributed by atoms with Crippen LogP contribution in [0.1, 0.15) is 32.1 Å². The van der Waals surface area contributed by atoms with E-state index in [1.807, 2.05) is 6.20 Å². The molecule has 2 heterocycles. The Labute approximate surface area is 215 Å². The van der Waals surface area contributed by atoms with Gasteiger partial charge in [0.15, 0.2) is 0 Å². The van der Waals surface area contributed by atoms with Crippen molar-refractivity contribution in [3.05, 3.63) is 34.9 Å². The van der Waals surface area contributed by atoms with Gasteiger partial charge in [0.2, 0.25) is 5.95 Å². The van der Waals surface area contributed by atoms with Crippen molar-refractivity contribution >= 4 is 39.1 Å². The maximum atomic E-state index is 10.9. The topological polar surface area (TPSA) is 96.8 Å². The molecule has 5 aliphatic rings. The van der Waals surface area contributed by atoms with Crippen molar-refractivity contribution in [1.29, 1.82) is 0 Å². The summed E-state index contributed by atoms with van der Waals surface area (Å²) in [4.78, 5) is 14.0. The normalized spacial score (nSPS) is 32.1. The minimum atomic E-state index is -0.427. The fourth-order valence-electron chi connectivity index (χ4n) is 7.16. The lowest BCUT2D eigenvalue weighted by Gasteiger charge is -2.58. The molecule has 9 heteroatoms. The van der Waals surface area contributed by atoms with Gasteiger partial charge in [-0.1, -0.05) is 0 Å². The monoisotopic (exact) mass is 542 g/mol. The van der Waals surface area contributed by atoms with Gasteiger partial charge in [0, 0.05) is 56.3 Å². The molecule has 0 spiro atoms. The van der Waals surface area contributed by atoms with E-state index in [1.54, 1.807) is 0 Å². The van der Waals surface area contributed by atoms with E-state index < -0.39 is 5.60 Å². The Morgan fingerprint density at radius 1 is 1.03 bits per heavy atom. The number of nitrogens with zero attached hydrogens (tertiary/aromatic N) is 4. The van der Waals surface area contributed by atoms with Crippen LogP contribution in [0.5, 0.6) is 0 Å². The minimum Gasteiger partial charge on any atom is -0.395 e. The summed E-state index contributed by atoms with van der Waals surface area (Å²) in [6, 6.07) is 8.80. The van der Waals surface area contributed by atoms with Crippen LogP contribution in [0, 0.1) is 17.8 Å².